The molecule has 20 heavy (non-hydrogen) atoms. The lowest BCUT2D eigenvalue weighted by Crippen LogP contribution is -2.56. The molecule has 1 saturated carbocycles. The van der Waals surface area contributed by atoms with Crippen LogP contribution in [0.3, 0.4) is 0 Å². The molecule has 3 nitrogen and oxygen atoms in total. The zero-order valence-corrected chi connectivity index (χ0v) is 12.4. The standard InChI is InChI=1S/C16H21ClN2O/c17-11-16(20)19-9-8-18(14-6-7-14)12-15(19)10-13-4-2-1-3-5-13/h1-5,14-15H,6-12H2. The van der Waals surface area contributed by atoms with Gasteiger partial charge in [-0.1, -0.05) is 30.3 Å². The molecule has 1 heterocycles. The number of hydrogen-bond acceptors (Lipinski definition) is 2. The first-order valence-corrected chi connectivity index (χ1v) is 7.95. The molecule has 1 aliphatic heterocycles. The molecule has 0 aromatic heterocycles. The Hall–Kier alpha value is -1.06. The summed E-state index contributed by atoms with van der Waals surface area (Å²) in [5, 5.41) is 0. The molecule has 108 valence electrons. The maximum Gasteiger partial charge on any atom is 0.237 e. The van der Waals surface area contributed by atoms with Gasteiger partial charge < -0.3 is 4.90 Å². The lowest BCUT2D eigenvalue weighted by atomic mass is 10.0. The summed E-state index contributed by atoms with van der Waals surface area (Å²) in [5.41, 5.74) is 1.29. The SMILES string of the molecule is O=C(CCl)N1CCN(C2CC2)CC1Cc1ccccc1. The van der Waals surface area contributed by atoms with Gasteiger partial charge in [-0.3, -0.25) is 9.69 Å². The highest BCUT2D eigenvalue weighted by Gasteiger charge is 2.36. The molecule has 2 aliphatic rings. The van der Waals surface area contributed by atoms with E-state index in [2.05, 4.69) is 29.2 Å². The van der Waals surface area contributed by atoms with E-state index in [1.165, 1.54) is 18.4 Å². The Bertz CT molecular complexity index is 461. The monoisotopic (exact) mass is 292 g/mol. The van der Waals surface area contributed by atoms with E-state index in [0.29, 0.717) is 0 Å². The van der Waals surface area contributed by atoms with Gasteiger partial charge in [-0.05, 0) is 24.8 Å². The largest absolute Gasteiger partial charge is 0.336 e. The summed E-state index contributed by atoms with van der Waals surface area (Å²) in [6.07, 6.45) is 3.57. The lowest BCUT2D eigenvalue weighted by Gasteiger charge is -2.41. The van der Waals surface area contributed by atoms with E-state index < -0.39 is 0 Å². The van der Waals surface area contributed by atoms with Crippen molar-refractivity contribution in [2.75, 3.05) is 25.5 Å². The summed E-state index contributed by atoms with van der Waals surface area (Å²) >= 11 is 5.76. The van der Waals surface area contributed by atoms with Gasteiger partial charge in [-0.15, -0.1) is 11.6 Å². The van der Waals surface area contributed by atoms with Gasteiger partial charge in [0.1, 0.15) is 5.88 Å². The van der Waals surface area contributed by atoms with Gasteiger partial charge in [0.05, 0.1) is 0 Å². The van der Waals surface area contributed by atoms with Gasteiger partial charge >= 0.3 is 0 Å². The van der Waals surface area contributed by atoms with Crippen molar-refractivity contribution in [3.63, 3.8) is 0 Å². The van der Waals surface area contributed by atoms with E-state index in [1.54, 1.807) is 0 Å². The van der Waals surface area contributed by atoms with Crippen LogP contribution in [0.1, 0.15) is 18.4 Å². The molecule has 1 saturated heterocycles. The molecule has 1 aromatic rings. The van der Waals surface area contributed by atoms with Gasteiger partial charge in [0.2, 0.25) is 5.91 Å². The molecule has 2 fully saturated rings. The van der Waals surface area contributed by atoms with E-state index in [-0.39, 0.29) is 17.8 Å². The average Bonchev–Trinajstić information content (AvgIpc) is 3.32. The summed E-state index contributed by atoms with van der Waals surface area (Å²) in [6, 6.07) is 11.5. The van der Waals surface area contributed by atoms with Crippen molar-refractivity contribution in [2.45, 2.75) is 31.3 Å². The molecule has 1 atom stereocenters. The van der Waals surface area contributed by atoms with Gasteiger partial charge in [0.25, 0.3) is 0 Å². The molecule has 1 unspecified atom stereocenters. The smallest absolute Gasteiger partial charge is 0.237 e. The molecule has 4 heteroatoms. The minimum atomic E-state index is 0.0723. The Morgan fingerprint density at radius 1 is 1.20 bits per heavy atom. The second-order valence-electron chi connectivity index (χ2n) is 5.79. The lowest BCUT2D eigenvalue weighted by molar-refractivity contribution is -0.133. The number of carbonyl (C=O) groups is 1. The fraction of sp³-hybridized carbons (Fsp3) is 0.562. The first-order valence-electron chi connectivity index (χ1n) is 7.41. The minimum absolute atomic E-state index is 0.0723. The van der Waals surface area contributed by atoms with Crippen LogP contribution in [0.25, 0.3) is 0 Å². The maximum absolute atomic E-state index is 12.0. The number of alkyl halides is 1. The second kappa shape index (κ2) is 6.15. The van der Waals surface area contributed by atoms with Crippen molar-refractivity contribution in [1.82, 2.24) is 9.80 Å². The van der Waals surface area contributed by atoms with E-state index >= 15 is 0 Å². The molecule has 0 spiro atoms. The molecule has 1 aromatic carbocycles. The van der Waals surface area contributed by atoms with Crippen molar-refractivity contribution in [3.8, 4) is 0 Å². The van der Waals surface area contributed by atoms with Gasteiger partial charge in [0, 0.05) is 31.7 Å². The van der Waals surface area contributed by atoms with Crippen LogP contribution in [0.15, 0.2) is 30.3 Å². The highest BCUT2D eigenvalue weighted by molar-refractivity contribution is 6.27. The Morgan fingerprint density at radius 3 is 2.60 bits per heavy atom. The van der Waals surface area contributed by atoms with E-state index in [4.69, 9.17) is 11.6 Å². The summed E-state index contributed by atoms with van der Waals surface area (Å²) in [4.78, 5) is 16.6. The van der Waals surface area contributed by atoms with Crippen LogP contribution < -0.4 is 0 Å². The van der Waals surface area contributed by atoms with Crippen LogP contribution in [-0.2, 0) is 11.2 Å². The summed E-state index contributed by atoms with van der Waals surface area (Å²) in [7, 11) is 0. The average molecular weight is 293 g/mol. The zero-order chi connectivity index (χ0) is 13.9. The number of nitrogens with zero attached hydrogens (tertiary/aromatic N) is 2. The fourth-order valence-electron chi connectivity index (χ4n) is 3.12. The number of amides is 1. The number of rotatable bonds is 4. The summed E-state index contributed by atoms with van der Waals surface area (Å²) in [6.45, 7) is 2.81. The molecule has 3 rings (SSSR count). The number of carbonyl (C=O) groups excluding carboxylic acids is 1. The van der Waals surface area contributed by atoms with E-state index in [9.17, 15) is 4.79 Å². The quantitative estimate of drug-likeness (QED) is 0.794. The van der Waals surface area contributed by atoms with Crippen molar-refractivity contribution in [3.05, 3.63) is 35.9 Å². The number of hydrogen-bond donors (Lipinski definition) is 0. The van der Waals surface area contributed by atoms with Crippen LogP contribution in [0.4, 0.5) is 0 Å². The first kappa shape index (κ1) is 13.9. The van der Waals surface area contributed by atoms with Crippen LogP contribution in [0, 0.1) is 0 Å². The molecule has 0 radical (unpaired) electrons. The van der Waals surface area contributed by atoms with Crippen molar-refractivity contribution in [2.24, 2.45) is 0 Å². The van der Waals surface area contributed by atoms with Crippen molar-refractivity contribution >= 4 is 17.5 Å². The maximum atomic E-state index is 12.0. The summed E-state index contributed by atoms with van der Waals surface area (Å²) < 4.78 is 0. The predicted molar refractivity (Wildman–Crippen MR) is 81.0 cm³/mol. The summed E-state index contributed by atoms with van der Waals surface area (Å²) in [5.74, 6) is 0.164. The normalized spacial score (nSPS) is 23.9. The molecular weight excluding hydrogens is 272 g/mol. The fourth-order valence-corrected chi connectivity index (χ4v) is 3.27. The zero-order valence-electron chi connectivity index (χ0n) is 11.7. The molecular formula is C16H21ClN2O. The minimum Gasteiger partial charge on any atom is -0.336 e. The Labute approximate surface area is 125 Å². The van der Waals surface area contributed by atoms with Gasteiger partial charge in [-0.2, -0.15) is 0 Å². The number of halogens is 1. The number of benzene rings is 1. The third kappa shape index (κ3) is 3.15. The Morgan fingerprint density at radius 2 is 1.95 bits per heavy atom. The third-order valence-electron chi connectivity index (χ3n) is 4.33. The molecule has 0 N–H and O–H groups in total. The predicted octanol–water partition coefficient (Wildman–Crippen LogP) is 2.14. The van der Waals surface area contributed by atoms with Gasteiger partial charge in [-0.25, -0.2) is 0 Å². The van der Waals surface area contributed by atoms with Crippen LogP contribution in [0.5, 0.6) is 0 Å². The molecule has 0 bridgehead atoms. The topological polar surface area (TPSA) is 23.6 Å². The Kier molecular flexibility index (Phi) is 4.27. The highest BCUT2D eigenvalue weighted by atomic mass is 35.5. The van der Waals surface area contributed by atoms with Crippen LogP contribution >= 0.6 is 11.6 Å². The Balaban J connectivity index is 1.71. The van der Waals surface area contributed by atoms with E-state index in [0.717, 1.165) is 32.1 Å². The van der Waals surface area contributed by atoms with Crippen LogP contribution in [-0.4, -0.2) is 53.3 Å². The first-order chi connectivity index (χ1) is 9.78. The van der Waals surface area contributed by atoms with E-state index in [1.807, 2.05) is 11.0 Å². The molecule has 1 aliphatic carbocycles. The van der Waals surface area contributed by atoms with Crippen LogP contribution in [0.2, 0.25) is 0 Å². The van der Waals surface area contributed by atoms with Gasteiger partial charge in [0.15, 0.2) is 0 Å². The highest BCUT2D eigenvalue weighted by Crippen LogP contribution is 2.29. The third-order valence-corrected chi connectivity index (χ3v) is 4.55. The van der Waals surface area contributed by atoms with Crippen molar-refractivity contribution in [1.29, 1.82) is 0 Å². The second-order valence-corrected chi connectivity index (χ2v) is 6.06. The molecule has 1 amide bonds. The number of piperazine rings is 1. The van der Waals surface area contributed by atoms with Crippen molar-refractivity contribution < 1.29 is 4.79 Å².